The van der Waals surface area contributed by atoms with Crippen LogP contribution in [0.25, 0.3) is 22.0 Å². The van der Waals surface area contributed by atoms with E-state index >= 15 is 0 Å². The molecule has 0 aliphatic heterocycles. The van der Waals surface area contributed by atoms with Crippen LogP contribution in [-0.2, 0) is 0 Å². The van der Waals surface area contributed by atoms with Crippen LogP contribution in [0.15, 0.2) is 42.6 Å². The lowest BCUT2D eigenvalue weighted by Gasteiger charge is -2.14. The third-order valence-corrected chi connectivity index (χ3v) is 3.99. The number of alkyl halides is 1. The summed E-state index contributed by atoms with van der Waals surface area (Å²) >= 11 is 3.40. The normalized spacial score (nSPS) is 10.5. The molecule has 5 heteroatoms. The van der Waals surface area contributed by atoms with E-state index < -0.39 is 0 Å². The summed E-state index contributed by atoms with van der Waals surface area (Å²) in [7, 11) is 0. The molecule has 0 unspecified atom stereocenters. The van der Waals surface area contributed by atoms with Crippen molar-refractivity contribution < 1.29 is 4.74 Å². The third-order valence-electron chi connectivity index (χ3n) is 3.43. The molecule has 0 bridgehead atoms. The molecule has 0 fully saturated rings. The first-order valence-electron chi connectivity index (χ1n) is 6.99. The largest absolute Gasteiger partial charge is 0.493 e. The van der Waals surface area contributed by atoms with Crippen molar-refractivity contribution in [3.8, 4) is 23.1 Å². The minimum atomic E-state index is 0.593. The fraction of sp³-hybridized carbons (Fsp3) is 0.176. The molecule has 0 spiro atoms. The van der Waals surface area contributed by atoms with Crippen molar-refractivity contribution in [1.82, 2.24) is 10.2 Å². The Balaban J connectivity index is 2.22. The maximum absolute atomic E-state index is 9.66. The number of nitrogens with one attached hydrogen (secondary N) is 1. The molecule has 4 nitrogen and oxygen atoms in total. The zero-order chi connectivity index (χ0) is 15.4. The SMILES string of the molecule is N#Cc1c(-c2ccn[nH]2)c(OCCCBr)cc2ccccc12. The van der Waals surface area contributed by atoms with Crippen LogP contribution in [0.3, 0.4) is 0 Å². The Morgan fingerprint density at radius 3 is 2.86 bits per heavy atom. The van der Waals surface area contributed by atoms with E-state index in [1.165, 1.54) is 0 Å². The second-order valence-corrected chi connectivity index (χ2v) is 5.61. The van der Waals surface area contributed by atoms with E-state index in [0.717, 1.165) is 33.8 Å². The standard InChI is InChI=1S/C17H14BrN3O/c18-7-3-9-22-16-10-12-4-1-2-5-13(12)14(11-19)17(16)15-6-8-20-21-15/h1-2,4-6,8,10H,3,7,9H2,(H,20,21). The van der Waals surface area contributed by atoms with Gasteiger partial charge in [0.05, 0.1) is 23.4 Å². The van der Waals surface area contributed by atoms with Gasteiger partial charge in [0.2, 0.25) is 0 Å². The van der Waals surface area contributed by atoms with Crippen LogP contribution in [0.5, 0.6) is 5.75 Å². The minimum absolute atomic E-state index is 0.593. The number of aromatic amines is 1. The Bertz CT molecular complexity index is 822. The highest BCUT2D eigenvalue weighted by molar-refractivity contribution is 9.09. The zero-order valence-electron chi connectivity index (χ0n) is 11.8. The van der Waals surface area contributed by atoms with Crippen LogP contribution in [0.1, 0.15) is 12.0 Å². The molecule has 0 atom stereocenters. The summed E-state index contributed by atoms with van der Waals surface area (Å²) in [6.07, 6.45) is 2.57. The van der Waals surface area contributed by atoms with Crippen molar-refractivity contribution in [2.24, 2.45) is 0 Å². The predicted octanol–water partition coefficient (Wildman–Crippen LogP) is 4.27. The number of halogens is 1. The van der Waals surface area contributed by atoms with Gasteiger partial charge in [-0.25, -0.2) is 0 Å². The number of rotatable bonds is 5. The van der Waals surface area contributed by atoms with Gasteiger partial charge in [0.15, 0.2) is 0 Å². The van der Waals surface area contributed by atoms with Crippen LogP contribution in [0.2, 0.25) is 0 Å². The van der Waals surface area contributed by atoms with Gasteiger partial charge in [0, 0.05) is 16.9 Å². The molecule has 3 aromatic rings. The van der Waals surface area contributed by atoms with Crippen LogP contribution >= 0.6 is 15.9 Å². The predicted molar refractivity (Wildman–Crippen MR) is 90.2 cm³/mol. The van der Waals surface area contributed by atoms with E-state index in [4.69, 9.17) is 4.74 Å². The highest BCUT2D eigenvalue weighted by atomic mass is 79.9. The molecule has 0 aliphatic rings. The Kier molecular flexibility index (Phi) is 4.40. The number of nitrogens with zero attached hydrogens (tertiary/aromatic N) is 2. The van der Waals surface area contributed by atoms with Gasteiger partial charge < -0.3 is 4.74 Å². The molecule has 110 valence electrons. The zero-order valence-corrected chi connectivity index (χ0v) is 13.4. The average molecular weight is 356 g/mol. The van der Waals surface area contributed by atoms with Crippen molar-refractivity contribution in [3.63, 3.8) is 0 Å². The maximum atomic E-state index is 9.66. The summed E-state index contributed by atoms with van der Waals surface area (Å²) < 4.78 is 5.92. The van der Waals surface area contributed by atoms with E-state index in [2.05, 4.69) is 32.2 Å². The summed E-state index contributed by atoms with van der Waals surface area (Å²) in [6.45, 7) is 0.593. The first-order valence-corrected chi connectivity index (χ1v) is 8.11. The van der Waals surface area contributed by atoms with Gasteiger partial charge in [-0.05, 0) is 23.9 Å². The minimum Gasteiger partial charge on any atom is -0.493 e. The molecule has 1 heterocycles. The Labute approximate surface area is 136 Å². The lowest BCUT2D eigenvalue weighted by molar-refractivity contribution is 0.320. The molecule has 3 rings (SSSR count). The average Bonchev–Trinajstić information content (AvgIpc) is 3.07. The fourth-order valence-corrected chi connectivity index (χ4v) is 2.68. The lowest BCUT2D eigenvalue weighted by Crippen LogP contribution is -2.01. The smallest absolute Gasteiger partial charge is 0.130 e. The second kappa shape index (κ2) is 6.63. The van der Waals surface area contributed by atoms with Gasteiger partial charge >= 0.3 is 0 Å². The molecule has 0 saturated heterocycles. The molecular formula is C17H14BrN3O. The maximum Gasteiger partial charge on any atom is 0.130 e. The topological polar surface area (TPSA) is 61.7 Å². The summed E-state index contributed by atoms with van der Waals surface area (Å²) in [5, 5.41) is 19.4. The summed E-state index contributed by atoms with van der Waals surface area (Å²) in [4.78, 5) is 0. The highest BCUT2D eigenvalue weighted by Crippen LogP contribution is 2.37. The summed E-state index contributed by atoms with van der Waals surface area (Å²) in [5.74, 6) is 0.709. The number of hydrogen-bond acceptors (Lipinski definition) is 3. The Morgan fingerprint density at radius 2 is 2.14 bits per heavy atom. The van der Waals surface area contributed by atoms with Crippen molar-refractivity contribution in [2.45, 2.75) is 6.42 Å². The number of nitriles is 1. The highest BCUT2D eigenvalue weighted by Gasteiger charge is 2.17. The molecule has 0 aliphatic carbocycles. The van der Waals surface area contributed by atoms with Gasteiger partial charge in [0.25, 0.3) is 0 Å². The number of fused-ring (bicyclic) bond motifs is 1. The molecule has 0 amide bonds. The van der Waals surface area contributed by atoms with Gasteiger partial charge in [-0.1, -0.05) is 40.2 Å². The Morgan fingerprint density at radius 1 is 1.27 bits per heavy atom. The molecular weight excluding hydrogens is 342 g/mol. The third kappa shape index (κ3) is 2.70. The molecule has 0 saturated carbocycles. The summed E-state index contributed by atoms with van der Waals surface area (Å²) in [6, 6.07) is 14.0. The van der Waals surface area contributed by atoms with E-state index in [9.17, 15) is 5.26 Å². The van der Waals surface area contributed by atoms with Crippen LogP contribution in [-0.4, -0.2) is 22.1 Å². The van der Waals surface area contributed by atoms with Gasteiger partial charge in [-0.15, -0.1) is 0 Å². The quantitative estimate of drug-likeness (QED) is 0.549. The monoisotopic (exact) mass is 355 g/mol. The molecule has 2 aromatic carbocycles. The first-order chi connectivity index (χ1) is 10.8. The number of H-pyrrole nitrogens is 1. The number of hydrogen-bond donors (Lipinski definition) is 1. The van der Waals surface area contributed by atoms with Crippen LogP contribution < -0.4 is 4.74 Å². The second-order valence-electron chi connectivity index (χ2n) is 4.82. The molecule has 22 heavy (non-hydrogen) atoms. The number of aromatic nitrogens is 2. The van der Waals surface area contributed by atoms with Crippen LogP contribution in [0.4, 0.5) is 0 Å². The molecule has 0 radical (unpaired) electrons. The van der Waals surface area contributed by atoms with Crippen LogP contribution in [0, 0.1) is 11.3 Å². The van der Waals surface area contributed by atoms with Gasteiger partial charge in [-0.2, -0.15) is 10.4 Å². The van der Waals surface area contributed by atoms with Crippen molar-refractivity contribution in [3.05, 3.63) is 48.2 Å². The Hall–Kier alpha value is -2.32. The van der Waals surface area contributed by atoms with Crippen molar-refractivity contribution in [1.29, 1.82) is 5.26 Å². The fourth-order valence-electron chi connectivity index (χ4n) is 2.45. The van der Waals surface area contributed by atoms with E-state index in [1.54, 1.807) is 6.20 Å². The molecule has 1 aromatic heterocycles. The van der Waals surface area contributed by atoms with Crippen molar-refractivity contribution >= 4 is 26.7 Å². The van der Waals surface area contributed by atoms with E-state index in [-0.39, 0.29) is 0 Å². The summed E-state index contributed by atoms with van der Waals surface area (Å²) in [5.41, 5.74) is 2.17. The van der Waals surface area contributed by atoms with Crippen molar-refractivity contribution in [2.75, 3.05) is 11.9 Å². The number of ether oxygens (including phenoxy) is 1. The van der Waals surface area contributed by atoms with Gasteiger partial charge in [0.1, 0.15) is 11.8 Å². The molecule has 1 N–H and O–H groups in total. The number of benzene rings is 2. The lowest BCUT2D eigenvalue weighted by atomic mass is 9.96. The first kappa shape index (κ1) is 14.6. The van der Waals surface area contributed by atoms with E-state index in [1.807, 2.05) is 36.4 Å². The van der Waals surface area contributed by atoms with E-state index in [0.29, 0.717) is 17.9 Å². The van der Waals surface area contributed by atoms with Gasteiger partial charge in [-0.3, -0.25) is 5.10 Å².